The number of likely N-dealkylation sites (N-methyl/N-ethyl adjacent to an activating group) is 1. The van der Waals surface area contributed by atoms with Crippen molar-refractivity contribution in [2.24, 2.45) is 5.73 Å². The third kappa shape index (κ3) is 8.05. The van der Waals surface area contributed by atoms with Crippen molar-refractivity contribution < 1.29 is 9.53 Å². The third-order valence-electron chi connectivity index (χ3n) is 8.74. The van der Waals surface area contributed by atoms with Gasteiger partial charge in [0.25, 0.3) is 0 Å². The van der Waals surface area contributed by atoms with Gasteiger partial charge < -0.3 is 35.6 Å². The number of fused-ring (bicyclic) bond motifs is 2. The summed E-state index contributed by atoms with van der Waals surface area (Å²) in [6.45, 7) is 6.22. The van der Waals surface area contributed by atoms with Crippen LogP contribution in [0.2, 0.25) is 0 Å². The van der Waals surface area contributed by atoms with Crippen LogP contribution < -0.4 is 20.7 Å². The van der Waals surface area contributed by atoms with E-state index in [1.165, 1.54) is 5.69 Å². The number of anilines is 1. The van der Waals surface area contributed by atoms with E-state index in [4.69, 9.17) is 20.4 Å². The molecule has 3 aromatic carbocycles. The summed E-state index contributed by atoms with van der Waals surface area (Å²) in [5, 5.41) is 2.91. The quantitative estimate of drug-likeness (QED) is 0.110. The van der Waals surface area contributed by atoms with Crippen LogP contribution in [0.4, 0.5) is 5.69 Å². The number of H-pyrrole nitrogens is 2. The van der Waals surface area contributed by atoms with Crippen LogP contribution in [0.5, 0.6) is 5.75 Å². The topological polar surface area (TPSA) is 128 Å². The molecule has 10 nitrogen and oxygen atoms in total. The van der Waals surface area contributed by atoms with Gasteiger partial charge in [-0.05, 0) is 93.5 Å². The molecule has 46 heavy (non-hydrogen) atoms. The number of amides is 1. The minimum absolute atomic E-state index is 0.130. The van der Waals surface area contributed by atoms with E-state index in [0.29, 0.717) is 26.1 Å². The largest absolute Gasteiger partial charge is 0.494 e. The summed E-state index contributed by atoms with van der Waals surface area (Å²) in [4.78, 5) is 33.3. The number of aromatic amines is 2. The van der Waals surface area contributed by atoms with Gasteiger partial charge in [0.2, 0.25) is 5.91 Å². The minimum atomic E-state index is 0.130. The highest BCUT2D eigenvalue weighted by Crippen LogP contribution is 2.29. The van der Waals surface area contributed by atoms with Crippen LogP contribution in [-0.4, -0.2) is 83.7 Å². The molecule has 1 amide bonds. The molecule has 3 heterocycles. The summed E-state index contributed by atoms with van der Waals surface area (Å²) in [7, 11) is 2.18. The van der Waals surface area contributed by atoms with Gasteiger partial charge >= 0.3 is 0 Å². The lowest BCUT2D eigenvalue weighted by molar-refractivity contribution is -0.121. The molecule has 10 heteroatoms. The zero-order chi connectivity index (χ0) is 31.7. The number of carbonyl (C=O) groups excluding carboxylic acids is 1. The Balaban J connectivity index is 0.990. The van der Waals surface area contributed by atoms with E-state index in [0.717, 1.165) is 115 Å². The number of ether oxygens (including phenoxy) is 1. The van der Waals surface area contributed by atoms with Crippen molar-refractivity contribution >= 4 is 33.7 Å². The van der Waals surface area contributed by atoms with Crippen molar-refractivity contribution in [3.63, 3.8) is 0 Å². The fraction of sp³-hybridized carbons (Fsp3) is 0.417. The summed E-state index contributed by atoms with van der Waals surface area (Å²) >= 11 is 0. The first-order valence-corrected chi connectivity index (χ1v) is 16.7. The number of nitrogens with zero attached hydrogens (tertiary/aromatic N) is 4. The molecule has 5 aromatic rings. The molecule has 0 saturated carbocycles. The van der Waals surface area contributed by atoms with Crippen molar-refractivity contribution in [1.82, 2.24) is 30.2 Å². The number of hydrogen-bond donors (Lipinski definition) is 4. The molecule has 0 radical (unpaired) electrons. The Morgan fingerprint density at radius 1 is 0.804 bits per heavy atom. The molecule has 2 aromatic heterocycles. The van der Waals surface area contributed by atoms with Gasteiger partial charge in [-0.25, -0.2) is 9.97 Å². The van der Waals surface area contributed by atoms with Gasteiger partial charge in [0.05, 0.1) is 28.7 Å². The van der Waals surface area contributed by atoms with E-state index >= 15 is 0 Å². The van der Waals surface area contributed by atoms with Crippen molar-refractivity contribution in [3.8, 4) is 28.5 Å². The van der Waals surface area contributed by atoms with Crippen LogP contribution in [-0.2, 0) is 4.79 Å². The lowest BCUT2D eigenvalue weighted by Gasteiger charge is -2.34. The Kier molecular flexibility index (Phi) is 10.5. The molecule has 0 aliphatic carbocycles. The molecule has 1 aliphatic heterocycles. The van der Waals surface area contributed by atoms with Crippen molar-refractivity contribution in [3.05, 3.63) is 60.7 Å². The van der Waals surface area contributed by atoms with Gasteiger partial charge in [0.1, 0.15) is 17.4 Å². The molecule has 0 spiro atoms. The highest BCUT2D eigenvalue weighted by Gasteiger charge is 2.16. The highest BCUT2D eigenvalue weighted by molar-refractivity contribution is 5.87. The molecular formula is C36H46N8O2. The van der Waals surface area contributed by atoms with E-state index in [1.807, 2.05) is 30.3 Å². The molecule has 1 saturated heterocycles. The van der Waals surface area contributed by atoms with Crippen LogP contribution in [0.1, 0.15) is 44.9 Å². The molecule has 1 aliphatic rings. The van der Waals surface area contributed by atoms with Gasteiger partial charge in [0, 0.05) is 56.0 Å². The van der Waals surface area contributed by atoms with Crippen LogP contribution in [0.15, 0.2) is 60.7 Å². The van der Waals surface area contributed by atoms with Gasteiger partial charge in [-0.3, -0.25) is 4.79 Å². The van der Waals surface area contributed by atoms with E-state index < -0.39 is 0 Å². The van der Waals surface area contributed by atoms with Crippen LogP contribution in [0, 0.1) is 0 Å². The molecular weight excluding hydrogens is 576 g/mol. The SMILES string of the molecule is CN1CCN(c2ccc3nc(-c4ccc5nc(-c6ccc(OCCCCCCCC(=O)NCCCN)cc6)[nH]c5c4)[nH]c3c2)CC1. The first-order chi connectivity index (χ1) is 22.6. The number of unbranched alkanes of at least 4 members (excludes halogenated alkanes) is 4. The Labute approximate surface area is 270 Å². The summed E-state index contributed by atoms with van der Waals surface area (Å²) in [5.74, 6) is 2.67. The zero-order valence-electron chi connectivity index (χ0n) is 26.9. The van der Waals surface area contributed by atoms with E-state index in [2.05, 4.69) is 62.5 Å². The van der Waals surface area contributed by atoms with Gasteiger partial charge in [-0.2, -0.15) is 0 Å². The van der Waals surface area contributed by atoms with Crippen molar-refractivity contribution in [1.29, 1.82) is 0 Å². The number of benzene rings is 3. The fourth-order valence-electron chi connectivity index (χ4n) is 5.92. The maximum Gasteiger partial charge on any atom is 0.219 e. The highest BCUT2D eigenvalue weighted by atomic mass is 16.5. The van der Waals surface area contributed by atoms with E-state index in [-0.39, 0.29) is 5.91 Å². The number of rotatable bonds is 15. The summed E-state index contributed by atoms with van der Waals surface area (Å²) in [5.41, 5.74) is 12.6. The minimum Gasteiger partial charge on any atom is -0.494 e. The molecule has 5 N–H and O–H groups in total. The Hall–Kier alpha value is -4.41. The van der Waals surface area contributed by atoms with Gasteiger partial charge in [-0.15, -0.1) is 0 Å². The number of hydrogen-bond acceptors (Lipinski definition) is 7. The third-order valence-corrected chi connectivity index (χ3v) is 8.74. The number of piperazine rings is 1. The Morgan fingerprint density at radius 3 is 2.22 bits per heavy atom. The monoisotopic (exact) mass is 622 g/mol. The number of imidazole rings is 2. The second kappa shape index (κ2) is 15.2. The molecule has 6 rings (SSSR count). The molecule has 0 unspecified atom stereocenters. The molecule has 0 atom stereocenters. The van der Waals surface area contributed by atoms with Crippen molar-refractivity contribution in [2.45, 2.75) is 44.9 Å². The lowest BCUT2D eigenvalue weighted by Crippen LogP contribution is -2.44. The standard InChI is InChI=1S/C36H46N8O2/c1-43-19-21-44(22-20-43)28-12-16-31-33(25-28)42-36(40-31)27-11-15-30-32(24-27)41-35(39-30)26-9-13-29(14-10-26)46-23-6-4-2-3-5-8-34(45)38-18-7-17-37/h9-16,24-25H,2-8,17-23,37H2,1H3,(H,38,45)(H,39,41)(H,40,42). The summed E-state index contributed by atoms with van der Waals surface area (Å²) in [6, 6.07) is 20.8. The lowest BCUT2D eigenvalue weighted by atomic mass is 10.1. The van der Waals surface area contributed by atoms with Crippen LogP contribution >= 0.6 is 0 Å². The smallest absolute Gasteiger partial charge is 0.219 e. The number of nitrogens with two attached hydrogens (primary N) is 1. The van der Waals surface area contributed by atoms with E-state index in [1.54, 1.807) is 0 Å². The fourth-order valence-corrected chi connectivity index (χ4v) is 5.92. The maximum atomic E-state index is 11.7. The number of carbonyl (C=O) groups is 1. The first kappa shape index (κ1) is 31.6. The molecule has 1 fully saturated rings. The first-order valence-electron chi connectivity index (χ1n) is 16.7. The molecule has 242 valence electrons. The Bertz CT molecular complexity index is 1720. The van der Waals surface area contributed by atoms with Gasteiger partial charge in [-0.1, -0.05) is 19.3 Å². The van der Waals surface area contributed by atoms with Crippen LogP contribution in [0.3, 0.4) is 0 Å². The van der Waals surface area contributed by atoms with E-state index in [9.17, 15) is 4.79 Å². The zero-order valence-corrected chi connectivity index (χ0v) is 26.9. The van der Waals surface area contributed by atoms with Gasteiger partial charge in [0.15, 0.2) is 0 Å². The predicted octanol–water partition coefficient (Wildman–Crippen LogP) is 5.71. The van der Waals surface area contributed by atoms with Crippen LogP contribution in [0.25, 0.3) is 44.8 Å². The normalized spacial score (nSPS) is 13.9. The maximum absolute atomic E-state index is 11.7. The Morgan fingerprint density at radius 2 is 1.46 bits per heavy atom. The van der Waals surface area contributed by atoms with Crippen molar-refractivity contribution in [2.75, 3.05) is 57.8 Å². The second-order valence-corrected chi connectivity index (χ2v) is 12.3. The number of nitrogens with one attached hydrogen (secondary N) is 3. The predicted molar refractivity (Wildman–Crippen MR) is 186 cm³/mol. The number of aromatic nitrogens is 4. The summed E-state index contributed by atoms with van der Waals surface area (Å²) in [6.07, 6.45) is 6.63. The summed E-state index contributed by atoms with van der Waals surface area (Å²) < 4.78 is 5.97. The molecule has 0 bridgehead atoms. The second-order valence-electron chi connectivity index (χ2n) is 12.3. The average Bonchev–Trinajstić information content (AvgIpc) is 3.70. The average molecular weight is 623 g/mol.